The third kappa shape index (κ3) is 4.34. The van der Waals surface area contributed by atoms with Crippen molar-refractivity contribution < 1.29 is 4.79 Å². The van der Waals surface area contributed by atoms with E-state index in [4.69, 9.17) is 0 Å². The summed E-state index contributed by atoms with van der Waals surface area (Å²) < 4.78 is 1.68. The van der Waals surface area contributed by atoms with Crippen LogP contribution in [-0.4, -0.2) is 33.1 Å². The Morgan fingerprint density at radius 2 is 2.05 bits per heavy atom. The van der Waals surface area contributed by atoms with E-state index in [1.807, 2.05) is 13.2 Å². The predicted molar refractivity (Wildman–Crippen MR) is 86.6 cm³/mol. The molecule has 1 aliphatic rings. The molecule has 1 amide bonds. The number of hydrogen-bond donors (Lipinski definition) is 1. The van der Waals surface area contributed by atoms with Crippen LogP contribution in [-0.2, 0) is 4.79 Å². The van der Waals surface area contributed by atoms with Crippen LogP contribution in [0.5, 0.6) is 0 Å². The third-order valence-corrected chi connectivity index (χ3v) is 6.58. The van der Waals surface area contributed by atoms with Crippen molar-refractivity contribution in [2.24, 2.45) is 0 Å². The highest BCUT2D eigenvalue weighted by Crippen LogP contribution is 2.32. The molecular formula is C13H18N4OS3. The molecule has 21 heavy (non-hydrogen) atoms. The number of carbonyl (C=O) groups is 1. The Hall–Kier alpha value is -0.780. The third-order valence-electron chi connectivity index (χ3n) is 3.49. The first-order valence-corrected chi connectivity index (χ1v) is 9.78. The number of thioether (sulfide) groups is 2. The topological polar surface area (TPSA) is 78.7 Å². The highest BCUT2D eigenvalue weighted by atomic mass is 32.2. The molecule has 8 heteroatoms. The van der Waals surface area contributed by atoms with E-state index >= 15 is 0 Å². The molecule has 0 aromatic carbocycles. The number of nitrogens with zero attached hydrogens (tertiary/aromatic N) is 3. The molecule has 114 valence electrons. The summed E-state index contributed by atoms with van der Waals surface area (Å²) >= 11 is 4.43. The number of carbonyl (C=O) groups excluding carboxylic acids is 1. The molecule has 2 rings (SSSR count). The average Bonchev–Trinajstić information content (AvgIpc) is 2.95. The largest absolute Gasteiger partial charge is 0.337 e. The minimum absolute atomic E-state index is 0.0932. The molecule has 0 spiro atoms. The number of nitrogens with one attached hydrogen (secondary N) is 1. The van der Waals surface area contributed by atoms with Crippen LogP contribution >= 0.6 is 34.9 Å². The lowest BCUT2D eigenvalue weighted by Gasteiger charge is -2.32. The molecule has 0 bridgehead atoms. The van der Waals surface area contributed by atoms with Crippen molar-refractivity contribution in [2.75, 3.05) is 6.26 Å². The van der Waals surface area contributed by atoms with Gasteiger partial charge in [0.05, 0.1) is 11.3 Å². The molecule has 1 unspecified atom stereocenters. The van der Waals surface area contributed by atoms with Gasteiger partial charge in [-0.3, -0.25) is 4.79 Å². The lowest BCUT2D eigenvalue weighted by molar-refractivity contribution is -0.121. The Balaban J connectivity index is 1.94. The maximum Gasteiger partial charge on any atom is 0.234 e. The van der Waals surface area contributed by atoms with Gasteiger partial charge in [-0.1, -0.05) is 54.1 Å². The van der Waals surface area contributed by atoms with Gasteiger partial charge >= 0.3 is 0 Å². The maximum absolute atomic E-state index is 12.3. The van der Waals surface area contributed by atoms with Crippen LogP contribution in [0, 0.1) is 11.3 Å². The number of amides is 1. The lowest BCUT2D eigenvalue weighted by atomic mass is 9.83. The fraction of sp³-hybridized carbons (Fsp3) is 0.692. The zero-order chi connectivity index (χ0) is 15.3. The van der Waals surface area contributed by atoms with Gasteiger partial charge in [0.15, 0.2) is 8.68 Å². The van der Waals surface area contributed by atoms with Crippen LogP contribution < -0.4 is 5.32 Å². The van der Waals surface area contributed by atoms with Gasteiger partial charge in [0, 0.05) is 0 Å². The second kappa shape index (κ2) is 7.47. The van der Waals surface area contributed by atoms with Gasteiger partial charge in [-0.15, -0.1) is 10.2 Å². The number of rotatable bonds is 5. The molecule has 1 fully saturated rings. The molecule has 1 heterocycles. The first-order valence-electron chi connectivity index (χ1n) is 6.86. The maximum atomic E-state index is 12.3. The van der Waals surface area contributed by atoms with Crippen LogP contribution in [0.1, 0.15) is 39.0 Å². The van der Waals surface area contributed by atoms with Crippen LogP contribution in [0.25, 0.3) is 0 Å². The summed E-state index contributed by atoms with van der Waals surface area (Å²) in [5.41, 5.74) is -0.671. The summed E-state index contributed by atoms with van der Waals surface area (Å²) in [6.07, 6.45) is 6.60. The molecule has 1 aromatic rings. The zero-order valence-corrected chi connectivity index (χ0v) is 14.5. The molecular weight excluding hydrogens is 324 g/mol. The van der Waals surface area contributed by atoms with Crippen molar-refractivity contribution in [3.8, 4) is 6.07 Å². The lowest BCUT2D eigenvalue weighted by Crippen LogP contribution is -2.50. The van der Waals surface area contributed by atoms with Gasteiger partial charge in [-0.25, -0.2) is 0 Å². The van der Waals surface area contributed by atoms with E-state index in [1.54, 1.807) is 11.8 Å². The van der Waals surface area contributed by atoms with Crippen molar-refractivity contribution >= 4 is 40.8 Å². The summed E-state index contributed by atoms with van der Waals surface area (Å²) in [4.78, 5) is 12.3. The number of aromatic nitrogens is 2. The molecule has 1 atom stereocenters. The van der Waals surface area contributed by atoms with Crippen LogP contribution in [0.2, 0.25) is 0 Å². The molecule has 1 aromatic heterocycles. The van der Waals surface area contributed by atoms with Gasteiger partial charge in [-0.05, 0) is 26.0 Å². The monoisotopic (exact) mass is 342 g/mol. The van der Waals surface area contributed by atoms with Crippen molar-refractivity contribution in [1.29, 1.82) is 5.26 Å². The second-order valence-corrected chi connectivity index (χ2v) is 8.66. The first-order chi connectivity index (χ1) is 10.1. The Morgan fingerprint density at radius 1 is 1.38 bits per heavy atom. The number of hydrogen-bond acceptors (Lipinski definition) is 7. The van der Waals surface area contributed by atoms with Crippen molar-refractivity contribution in [3.63, 3.8) is 0 Å². The fourth-order valence-corrected chi connectivity index (χ4v) is 4.87. The van der Waals surface area contributed by atoms with Gasteiger partial charge in [0.2, 0.25) is 5.91 Å². The van der Waals surface area contributed by atoms with Crippen LogP contribution in [0.15, 0.2) is 8.68 Å². The van der Waals surface area contributed by atoms with E-state index in [-0.39, 0.29) is 11.2 Å². The van der Waals surface area contributed by atoms with Gasteiger partial charge in [-0.2, -0.15) is 5.26 Å². The summed E-state index contributed by atoms with van der Waals surface area (Å²) in [6.45, 7) is 1.84. The van der Waals surface area contributed by atoms with Crippen molar-refractivity contribution in [3.05, 3.63) is 0 Å². The Morgan fingerprint density at radius 3 is 2.62 bits per heavy atom. The molecule has 1 saturated carbocycles. The van der Waals surface area contributed by atoms with Crippen LogP contribution in [0.3, 0.4) is 0 Å². The summed E-state index contributed by atoms with van der Waals surface area (Å²) in [6, 6.07) is 2.31. The quantitative estimate of drug-likeness (QED) is 0.829. The van der Waals surface area contributed by atoms with E-state index in [1.165, 1.54) is 23.1 Å². The molecule has 0 radical (unpaired) electrons. The van der Waals surface area contributed by atoms with Gasteiger partial charge in [0.25, 0.3) is 0 Å². The first kappa shape index (κ1) is 16.6. The Kier molecular flexibility index (Phi) is 5.90. The summed E-state index contributed by atoms with van der Waals surface area (Å²) in [5.74, 6) is -0.0932. The van der Waals surface area contributed by atoms with Crippen LogP contribution in [0.4, 0.5) is 0 Å². The fourth-order valence-electron chi connectivity index (χ4n) is 2.29. The molecule has 0 saturated heterocycles. The standard InChI is InChI=1S/C13H18N4OS3/c1-9(20-12-17-16-11(19-2)21-12)10(18)15-13(8-14)6-4-3-5-7-13/h9H,3-7H2,1-2H3,(H,15,18). The smallest absolute Gasteiger partial charge is 0.234 e. The molecule has 0 aliphatic heterocycles. The SMILES string of the molecule is CSc1nnc(SC(C)C(=O)NC2(C#N)CCCCC2)s1. The normalized spacial score (nSPS) is 18.7. The van der Waals surface area contributed by atoms with E-state index in [0.717, 1.165) is 40.8 Å². The zero-order valence-electron chi connectivity index (χ0n) is 12.1. The average molecular weight is 343 g/mol. The molecule has 1 N–H and O–H groups in total. The van der Waals surface area contributed by atoms with E-state index in [2.05, 4.69) is 21.6 Å². The summed E-state index contributed by atoms with van der Waals surface area (Å²) in [7, 11) is 0. The van der Waals surface area contributed by atoms with Crippen molar-refractivity contribution in [1.82, 2.24) is 15.5 Å². The van der Waals surface area contributed by atoms with E-state index < -0.39 is 5.54 Å². The van der Waals surface area contributed by atoms with Gasteiger partial charge < -0.3 is 5.32 Å². The number of nitriles is 1. The second-order valence-electron chi connectivity index (χ2n) is 5.04. The molecule has 5 nitrogen and oxygen atoms in total. The highest BCUT2D eigenvalue weighted by molar-refractivity contribution is 8.03. The van der Waals surface area contributed by atoms with E-state index in [0.29, 0.717) is 0 Å². The van der Waals surface area contributed by atoms with Gasteiger partial charge in [0.1, 0.15) is 5.54 Å². The van der Waals surface area contributed by atoms with E-state index in [9.17, 15) is 10.1 Å². The Labute approximate surface area is 137 Å². The minimum Gasteiger partial charge on any atom is -0.337 e. The highest BCUT2D eigenvalue weighted by Gasteiger charge is 2.35. The molecule has 1 aliphatic carbocycles. The predicted octanol–water partition coefficient (Wildman–Crippen LogP) is 3.08. The summed E-state index contributed by atoms with van der Waals surface area (Å²) in [5, 5.41) is 20.2. The minimum atomic E-state index is -0.671. The Bertz CT molecular complexity index is 534. The van der Waals surface area contributed by atoms with Crippen molar-refractivity contribution in [2.45, 2.75) is 58.5 Å².